The molecule has 1 amide bonds. The van der Waals surface area contributed by atoms with Crippen LogP contribution in [0.2, 0.25) is 0 Å². The molecule has 2 saturated heterocycles. The van der Waals surface area contributed by atoms with Gasteiger partial charge < -0.3 is 10.0 Å². The Morgan fingerprint density at radius 1 is 1.24 bits per heavy atom. The molecule has 2 aliphatic heterocycles. The summed E-state index contributed by atoms with van der Waals surface area (Å²) >= 11 is 0. The maximum atomic E-state index is 12.5. The molecule has 5 nitrogen and oxygen atoms in total. The number of amides is 1. The first-order valence-electron chi connectivity index (χ1n) is 8.24. The lowest BCUT2D eigenvalue weighted by molar-refractivity contribution is -0.154. The van der Waals surface area contributed by atoms with Gasteiger partial charge >= 0.3 is 5.97 Å². The average Bonchev–Trinajstić information content (AvgIpc) is 2.47. The molecule has 0 aliphatic carbocycles. The lowest BCUT2D eigenvalue weighted by Gasteiger charge is -2.41. The Labute approximate surface area is 127 Å². The minimum absolute atomic E-state index is 0.166. The normalized spacial score (nSPS) is 31.1. The second-order valence-corrected chi connectivity index (χ2v) is 6.69. The molecule has 0 radical (unpaired) electrons. The summed E-state index contributed by atoms with van der Waals surface area (Å²) in [6.45, 7) is 6.62. The highest BCUT2D eigenvalue weighted by atomic mass is 16.4. The number of carbonyl (C=O) groups excluding carboxylic acids is 1. The van der Waals surface area contributed by atoms with E-state index in [2.05, 4.69) is 6.92 Å². The van der Waals surface area contributed by atoms with E-state index in [0.717, 1.165) is 38.8 Å². The molecule has 0 aromatic rings. The van der Waals surface area contributed by atoms with Crippen molar-refractivity contribution in [2.45, 2.75) is 58.4 Å². The third-order valence-electron chi connectivity index (χ3n) is 5.27. The van der Waals surface area contributed by atoms with E-state index in [1.165, 1.54) is 6.42 Å². The maximum Gasteiger partial charge on any atom is 0.310 e. The first kappa shape index (κ1) is 16.3. The molecule has 2 unspecified atom stereocenters. The second kappa shape index (κ2) is 6.77. The highest BCUT2D eigenvalue weighted by Gasteiger charge is 2.41. The minimum atomic E-state index is -0.714. The number of hydrogen-bond donors (Lipinski definition) is 1. The van der Waals surface area contributed by atoms with Crippen LogP contribution in [-0.2, 0) is 9.59 Å². The van der Waals surface area contributed by atoms with Gasteiger partial charge in [-0.2, -0.15) is 0 Å². The molecule has 2 atom stereocenters. The number of carboxylic acid groups (broad SMARTS) is 1. The van der Waals surface area contributed by atoms with E-state index >= 15 is 0 Å². The van der Waals surface area contributed by atoms with Crippen molar-refractivity contribution in [2.24, 2.45) is 5.41 Å². The van der Waals surface area contributed by atoms with Crippen LogP contribution in [0.4, 0.5) is 0 Å². The highest BCUT2D eigenvalue weighted by Crippen LogP contribution is 2.33. The number of carboxylic acids is 1. The summed E-state index contributed by atoms with van der Waals surface area (Å²) < 4.78 is 0. The third-order valence-corrected chi connectivity index (χ3v) is 5.27. The zero-order valence-electron chi connectivity index (χ0n) is 13.3. The van der Waals surface area contributed by atoms with E-state index in [0.29, 0.717) is 25.6 Å². The SMILES string of the molecule is CCC1(C(=O)O)CCCN(CC(=O)N2CCCCC2C)C1. The molecule has 0 aromatic carbocycles. The highest BCUT2D eigenvalue weighted by molar-refractivity contribution is 5.79. The van der Waals surface area contributed by atoms with Crippen LogP contribution in [-0.4, -0.2) is 59.0 Å². The molecule has 0 spiro atoms. The predicted octanol–water partition coefficient (Wildman–Crippen LogP) is 1.96. The van der Waals surface area contributed by atoms with E-state index < -0.39 is 11.4 Å². The largest absolute Gasteiger partial charge is 0.481 e. The summed E-state index contributed by atoms with van der Waals surface area (Å²) in [6, 6.07) is 0.325. The van der Waals surface area contributed by atoms with Gasteiger partial charge in [0.1, 0.15) is 0 Å². The van der Waals surface area contributed by atoms with Gasteiger partial charge in [-0.1, -0.05) is 6.92 Å². The molecule has 0 bridgehead atoms. The van der Waals surface area contributed by atoms with Gasteiger partial charge in [-0.25, -0.2) is 0 Å². The molecule has 2 rings (SSSR count). The van der Waals surface area contributed by atoms with Crippen molar-refractivity contribution in [2.75, 3.05) is 26.2 Å². The summed E-state index contributed by atoms with van der Waals surface area (Å²) in [5.74, 6) is -0.548. The molecule has 2 aliphatic rings. The quantitative estimate of drug-likeness (QED) is 0.861. The molecule has 2 heterocycles. The molecule has 0 aromatic heterocycles. The van der Waals surface area contributed by atoms with Gasteiger partial charge in [-0.05, 0) is 52.0 Å². The topological polar surface area (TPSA) is 60.9 Å². The van der Waals surface area contributed by atoms with Crippen LogP contribution < -0.4 is 0 Å². The van der Waals surface area contributed by atoms with Crippen molar-refractivity contribution in [1.29, 1.82) is 0 Å². The molecular formula is C16H28N2O3. The van der Waals surface area contributed by atoms with Gasteiger partial charge in [0.15, 0.2) is 0 Å². The fraction of sp³-hybridized carbons (Fsp3) is 0.875. The monoisotopic (exact) mass is 296 g/mol. The summed E-state index contributed by atoms with van der Waals surface area (Å²) in [4.78, 5) is 28.1. The van der Waals surface area contributed by atoms with Gasteiger partial charge in [0.05, 0.1) is 12.0 Å². The summed E-state index contributed by atoms with van der Waals surface area (Å²) in [5.41, 5.74) is -0.661. The van der Waals surface area contributed by atoms with Crippen LogP contribution in [0.15, 0.2) is 0 Å². The first-order chi connectivity index (χ1) is 9.98. The molecule has 0 saturated carbocycles. The lowest BCUT2D eigenvalue weighted by atomic mass is 9.77. The van der Waals surface area contributed by atoms with Gasteiger partial charge in [-0.15, -0.1) is 0 Å². The van der Waals surface area contributed by atoms with Gasteiger partial charge in [0, 0.05) is 19.1 Å². The Balaban J connectivity index is 1.96. The van der Waals surface area contributed by atoms with Crippen molar-refractivity contribution in [3.05, 3.63) is 0 Å². The fourth-order valence-electron chi connectivity index (χ4n) is 3.73. The number of likely N-dealkylation sites (tertiary alicyclic amines) is 2. The van der Waals surface area contributed by atoms with Crippen LogP contribution in [0.5, 0.6) is 0 Å². The van der Waals surface area contributed by atoms with Gasteiger partial charge in [0.2, 0.25) is 5.91 Å². The van der Waals surface area contributed by atoms with Crippen molar-refractivity contribution >= 4 is 11.9 Å². The number of carbonyl (C=O) groups is 2. The molecule has 2 fully saturated rings. The van der Waals surface area contributed by atoms with Crippen LogP contribution >= 0.6 is 0 Å². The summed E-state index contributed by atoms with van der Waals surface area (Å²) in [5, 5.41) is 9.51. The van der Waals surface area contributed by atoms with Crippen LogP contribution in [0.3, 0.4) is 0 Å². The van der Waals surface area contributed by atoms with Crippen molar-refractivity contribution in [1.82, 2.24) is 9.80 Å². The molecule has 120 valence electrons. The molecule has 1 N–H and O–H groups in total. The number of hydrogen-bond acceptors (Lipinski definition) is 3. The van der Waals surface area contributed by atoms with Crippen molar-refractivity contribution in [3.63, 3.8) is 0 Å². The Hall–Kier alpha value is -1.10. The second-order valence-electron chi connectivity index (χ2n) is 6.69. The fourth-order valence-corrected chi connectivity index (χ4v) is 3.73. The predicted molar refractivity (Wildman–Crippen MR) is 81.1 cm³/mol. The first-order valence-corrected chi connectivity index (χ1v) is 8.24. The molecular weight excluding hydrogens is 268 g/mol. The van der Waals surface area contributed by atoms with Crippen molar-refractivity contribution in [3.8, 4) is 0 Å². The number of nitrogens with zero attached hydrogens (tertiary/aromatic N) is 2. The zero-order valence-corrected chi connectivity index (χ0v) is 13.3. The number of aliphatic carboxylic acids is 1. The molecule has 5 heteroatoms. The maximum absolute atomic E-state index is 12.5. The summed E-state index contributed by atoms with van der Waals surface area (Å²) in [6.07, 6.45) is 5.59. The van der Waals surface area contributed by atoms with Gasteiger partial charge in [-0.3, -0.25) is 14.5 Å². The number of rotatable bonds is 4. The Morgan fingerprint density at radius 2 is 2.00 bits per heavy atom. The smallest absolute Gasteiger partial charge is 0.310 e. The third kappa shape index (κ3) is 3.57. The van der Waals surface area contributed by atoms with Crippen LogP contribution in [0, 0.1) is 5.41 Å². The van der Waals surface area contributed by atoms with E-state index in [4.69, 9.17) is 0 Å². The lowest BCUT2D eigenvalue weighted by Crippen LogP contribution is -2.52. The van der Waals surface area contributed by atoms with E-state index in [-0.39, 0.29) is 5.91 Å². The van der Waals surface area contributed by atoms with Gasteiger partial charge in [0.25, 0.3) is 0 Å². The van der Waals surface area contributed by atoms with Crippen molar-refractivity contribution < 1.29 is 14.7 Å². The van der Waals surface area contributed by atoms with Crippen LogP contribution in [0.1, 0.15) is 52.4 Å². The minimum Gasteiger partial charge on any atom is -0.481 e. The average molecular weight is 296 g/mol. The Kier molecular flexibility index (Phi) is 5.25. The Bertz CT molecular complexity index is 399. The van der Waals surface area contributed by atoms with E-state index in [1.54, 1.807) is 0 Å². The Morgan fingerprint density at radius 3 is 2.62 bits per heavy atom. The summed E-state index contributed by atoms with van der Waals surface area (Å²) in [7, 11) is 0. The van der Waals surface area contributed by atoms with Crippen LogP contribution in [0.25, 0.3) is 0 Å². The zero-order chi connectivity index (χ0) is 15.5. The van der Waals surface area contributed by atoms with E-state index in [9.17, 15) is 14.7 Å². The van der Waals surface area contributed by atoms with E-state index in [1.807, 2.05) is 16.7 Å². The molecule has 21 heavy (non-hydrogen) atoms. The number of piperidine rings is 2. The standard InChI is InChI=1S/C16H28N2O3/c1-3-16(15(20)21)8-6-9-17(12-16)11-14(19)18-10-5-4-7-13(18)2/h13H,3-12H2,1-2H3,(H,20,21).